The van der Waals surface area contributed by atoms with Gasteiger partial charge in [-0.2, -0.15) is 0 Å². The molecule has 3 nitrogen and oxygen atoms in total. The van der Waals surface area contributed by atoms with Gasteiger partial charge in [0, 0.05) is 6.08 Å². The number of esters is 1. The smallest absolute Gasteiger partial charge is 0.330 e. The first-order valence-corrected chi connectivity index (χ1v) is 5.84. The number of benzene rings is 1. The summed E-state index contributed by atoms with van der Waals surface area (Å²) in [6.45, 7) is 8.29. The van der Waals surface area contributed by atoms with E-state index in [0.29, 0.717) is 13.2 Å². The number of rotatable bonds is 8. The first kappa shape index (κ1) is 14.2. The van der Waals surface area contributed by atoms with Gasteiger partial charge in [-0.1, -0.05) is 43.5 Å². The summed E-state index contributed by atoms with van der Waals surface area (Å²) in [7, 11) is 0. The Morgan fingerprint density at radius 3 is 2.44 bits per heavy atom. The molecule has 0 saturated heterocycles. The first-order valence-electron chi connectivity index (χ1n) is 5.84. The van der Waals surface area contributed by atoms with Crippen molar-refractivity contribution in [3.8, 4) is 0 Å². The van der Waals surface area contributed by atoms with Gasteiger partial charge in [0.05, 0.1) is 13.2 Å². The van der Waals surface area contributed by atoms with E-state index in [4.69, 9.17) is 9.47 Å². The average Bonchev–Trinajstić information content (AvgIpc) is 2.43. The van der Waals surface area contributed by atoms with Crippen LogP contribution < -0.4 is 0 Å². The Morgan fingerprint density at radius 2 is 1.83 bits per heavy atom. The van der Waals surface area contributed by atoms with Crippen molar-refractivity contribution in [2.45, 2.75) is 6.42 Å². The molecule has 96 valence electrons. The van der Waals surface area contributed by atoms with Crippen molar-refractivity contribution >= 4 is 12.0 Å². The molecule has 0 amide bonds. The standard InChI is InChI=1S/C15H18O3/c1-3-13-5-7-14(8-6-13)9-10-17-11-12-18-15(16)4-2/h3-8H,1-2,9-12H2. The highest BCUT2D eigenvalue weighted by Gasteiger charge is 1.96. The Kier molecular flexibility index (Phi) is 6.51. The monoisotopic (exact) mass is 246 g/mol. The molecule has 0 heterocycles. The van der Waals surface area contributed by atoms with Crippen LogP contribution in [0.4, 0.5) is 0 Å². The highest BCUT2D eigenvalue weighted by molar-refractivity contribution is 5.81. The van der Waals surface area contributed by atoms with Crippen molar-refractivity contribution in [2.75, 3.05) is 19.8 Å². The maximum atomic E-state index is 10.7. The van der Waals surface area contributed by atoms with Gasteiger partial charge in [0.1, 0.15) is 6.61 Å². The van der Waals surface area contributed by atoms with Crippen molar-refractivity contribution in [1.29, 1.82) is 0 Å². The summed E-state index contributed by atoms with van der Waals surface area (Å²) in [5.41, 5.74) is 2.32. The van der Waals surface area contributed by atoms with E-state index in [9.17, 15) is 4.79 Å². The van der Waals surface area contributed by atoms with Gasteiger partial charge < -0.3 is 9.47 Å². The van der Waals surface area contributed by atoms with Gasteiger partial charge in [0.15, 0.2) is 0 Å². The summed E-state index contributed by atoms with van der Waals surface area (Å²) in [5, 5.41) is 0. The molecular weight excluding hydrogens is 228 g/mol. The number of ether oxygens (including phenoxy) is 2. The Bertz CT molecular complexity index is 393. The normalized spacial score (nSPS) is 9.78. The zero-order valence-electron chi connectivity index (χ0n) is 10.4. The molecule has 0 aliphatic carbocycles. The third-order valence-electron chi connectivity index (χ3n) is 2.39. The molecule has 0 saturated carbocycles. The fourth-order valence-electron chi connectivity index (χ4n) is 1.37. The van der Waals surface area contributed by atoms with Gasteiger partial charge in [-0.25, -0.2) is 4.79 Å². The van der Waals surface area contributed by atoms with Gasteiger partial charge in [-0.05, 0) is 17.5 Å². The van der Waals surface area contributed by atoms with Crippen LogP contribution in [0.1, 0.15) is 11.1 Å². The van der Waals surface area contributed by atoms with Crippen LogP contribution in [0.5, 0.6) is 0 Å². The van der Waals surface area contributed by atoms with Crippen LogP contribution in [-0.4, -0.2) is 25.8 Å². The third kappa shape index (κ3) is 5.46. The van der Waals surface area contributed by atoms with E-state index >= 15 is 0 Å². The minimum absolute atomic E-state index is 0.264. The number of hydrogen-bond acceptors (Lipinski definition) is 3. The zero-order chi connectivity index (χ0) is 13.2. The highest BCUT2D eigenvalue weighted by Crippen LogP contribution is 2.06. The summed E-state index contributed by atoms with van der Waals surface area (Å²) in [6.07, 6.45) is 3.79. The summed E-state index contributed by atoms with van der Waals surface area (Å²) < 4.78 is 10.1. The molecule has 0 radical (unpaired) electrons. The van der Waals surface area contributed by atoms with E-state index in [1.54, 1.807) is 0 Å². The number of carbonyl (C=O) groups is 1. The molecule has 0 aromatic heterocycles. The van der Waals surface area contributed by atoms with E-state index in [1.807, 2.05) is 18.2 Å². The van der Waals surface area contributed by atoms with E-state index in [-0.39, 0.29) is 6.61 Å². The average molecular weight is 246 g/mol. The van der Waals surface area contributed by atoms with E-state index in [0.717, 1.165) is 18.1 Å². The fourth-order valence-corrected chi connectivity index (χ4v) is 1.37. The highest BCUT2D eigenvalue weighted by atomic mass is 16.6. The van der Waals surface area contributed by atoms with Crippen molar-refractivity contribution in [3.05, 3.63) is 54.6 Å². The molecule has 1 rings (SSSR count). The van der Waals surface area contributed by atoms with Gasteiger partial charge in [0.2, 0.25) is 0 Å². The quantitative estimate of drug-likeness (QED) is 0.402. The lowest BCUT2D eigenvalue weighted by molar-refractivity contribution is -0.139. The molecule has 1 aromatic carbocycles. The van der Waals surface area contributed by atoms with Crippen molar-refractivity contribution < 1.29 is 14.3 Å². The largest absolute Gasteiger partial charge is 0.460 e. The van der Waals surface area contributed by atoms with E-state index in [1.165, 1.54) is 5.56 Å². The Morgan fingerprint density at radius 1 is 1.11 bits per heavy atom. The van der Waals surface area contributed by atoms with Crippen LogP contribution >= 0.6 is 0 Å². The van der Waals surface area contributed by atoms with Gasteiger partial charge >= 0.3 is 5.97 Å². The molecule has 0 N–H and O–H groups in total. The molecule has 0 aliphatic heterocycles. The summed E-state index contributed by atoms with van der Waals surface area (Å²) in [5.74, 6) is -0.418. The Labute approximate surface area is 108 Å². The second-order valence-corrected chi connectivity index (χ2v) is 3.68. The molecule has 0 atom stereocenters. The molecule has 3 heteroatoms. The lowest BCUT2D eigenvalue weighted by Crippen LogP contribution is -2.09. The van der Waals surface area contributed by atoms with Crippen molar-refractivity contribution in [1.82, 2.24) is 0 Å². The maximum Gasteiger partial charge on any atom is 0.330 e. The maximum absolute atomic E-state index is 10.7. The predicted molar refractivity (Wildman–Crippen MR) is 72.2 cm³/mol. The van der Waals surface area contributed by atoms with E-state index < -0.39 is 5.97 Å². The molecule has 0 bridgehead atoms. The minimum atomic E-state index is -0.418. The zero-order valence-corrected chi connectivity index (χ0v) is 10.4. The summed E-state index contributed by atoms with van der Waals surface area (Å²) >= 11 is 0. The molecule has 1 aromatic rings. The molecule has 0 fully saturated rings. The van der Waals surface area contributed by atoms with Crippen LogP contribution in [-0.2, 0) is 20.7 Å². The molecule has 0 spiro atoms. The number of carbonyl (C=O) groups excluding carboxylic acids is 1. The third-order valence-corrected chi connectivity index (χ3v) is 2.39. The SMILES string of the molecule is C=CC(=O)OCCOCCc1ccc(C=C)cc1. The van der Waals surface area contributed by atoms with Crippen LogP contribution in [0, 0.1) is 0 Å². The van der Waals surface area contributed by atoms with Crippen LogP contribution in [0.25, 0.3) is 6.08 Å². The van der Waals surface area contributed by atoms with Gasteiger partial charge in [-0.3, -0.25) is 0 Å². The second kappa shape index (κ2) is 8.25. The van der Waals surface area contributed by atoms with Gasteiger partial charge in [-0.15, -0.1) is 0 Å². The number of hydrogen-bond donors (Lipinski definition) is 0. The lowest BCUT2D eigenvalue weighted by atomic mass is 10.1. The second-order valence-electron chi connectivity index (χ2n) is 3.68. The van der Waals surface area contributed by atoms with E-state index in [2.05, 4.69) is 25.3 Å². The Balaban J connectivity index is 2.11. The molecular formula is C15H18O3. The van der Waals surface area contributed by atoms with Crippen molar-refractivity contribution in [3.63, 3.8) is 0 Å². The van der Waals surface area contributed by atoms with Crippen LogP contribution in [0.3, 0.4) is 0 Å². The molecule has 18 heavy (non-hydrogen) atoms. The Hall–Kier alpha value is -1.87. The lowest BCUT2D eigenvalue weighted by Gasteiger charge is -2.05. The van der Waals surface area contributed by atoms with Crippen LogP contribution in [0.2, 0.25) is 0 Å². The minimum Gasteiger partial charge on any atom is -0.460 e. The summed E-state index contributed by atoms with van der Waals surface area (Å²) in [6, 6.07) is 8.15. The molecule has 0 unspecified atom stereocenters. The summed E-state index contributed by atoms with van der Waals surface area (Å²) in [4.78, 5) is 10.7. The topological polar surface area (TPSA) is 35.5 Å². The van der Waals surface area contributed by atoms with Gasteiger partial charge in [0.25, 0.3) is 0 Å². The predicted octanol–water partition coefficient (Wildman–Crippen LogP) is 2.62. The van der Waals surface area contributed by atoms with Crippen LogP contribution in [0.15, 0.2) is 43.5 Å². The fraction of sp³-hybridized carbons (Fsp3) is 0.267. The first-order chi connectivity index (χ1) is 8.76. The van der Waals surface area contributed by atoms with Crippen molar-refractivity contribution in [2.24, 2.45) is 0 Å². The molecule has 0 aliphatic rings.